The fraction of sp³-hybridized carbons (Fsp3) is 0.667. The van der Waals surface area contributed by atoms with E-state index in [1.807, 2.05) is 0 Å². The largest absolute Gasteiger partial charge is 0.496 e. The third-order valence-electron chi connectivity index (χ3n) is 5.85. The number of piperidine rings is 1. The topological polar surface area (TPSA) is 42.0 Å². The van der Waals surface area contributed by atoms with Crippen molar-refractivity contribution in [1.29, 1.82) is 0 Å². The molecule has 0 N–H and O–H groups in total. The van der Waals surface area contributed by atoms with E-state index >= 15 is 0 Å². The molecule has 5 heteroatoms. The van der Waals surface area contributed by atoms with Crippen LogP contribution in [0, 0.1) is 19.8 Å². The second-order valence-corrected chi connectivity index (χ2v) is 7.61. The zero-order chi connectivity index (χ0) is 19.3. The molecular weight excluding hydrogens is 328 g/mol. The van der Waals surface area contributed by atoms with E-state index in [2.05, 4.69) is 49.9 Å². The predicted octanol–water partition coefficient (Wildman–Crippen LogP) is 3.02. The molecular formula is C21H34N2O3. The molecule has 26 heavy (non-hydrogen) atoms. The highest BCUT2D eigenvalue weighted by atomic mass is 16.5. The summed E-state index contributed by atoms with van der Waals surface area (Å²) in [6.07, 6.45) is 2.51. The SMILES string of the molecule is COC(=O)CC[C@H]1CN(Cc2ccc(OC)c(C)c2C)CC[C@H]1N(C)C. The number of hydrogen-bond donors (Lipinski definition) is 0. The first kappa shape index (κ1) is 20.7. The van der Waals surface area contributed by atoms with E-state index in [4.69, 9.17) is 9.47 Å². The monoisotopic (exact) mass is 362 g/mol. The first-order chi connectivity index (χ1) is 12.4. The molecule has 1 saturated heterocycles. The summed E-state index contributed by atoms with van der Waals surface area (Å²) in [5, 5.41) is 0. The van der Waals surface area contributed by atoms with Gasteiger partial charge in [-0.15, -0.1) is 0 Å². The molecule has 0 bridgehead atoms. The van der Waals surface area contributed by atoms with Crippen LogP contribution in [0.25, 0.3) is 0 Å². The van der Waals surface area contributed by atoms with Gasteiger partial charge in [0.15, 0.2) is 0 Å². The molecule has 2 rings (SSSR count). The maximum absolute atomic E-state index is 11.6. The Hall–Kier alpha value is -1.59. The van der Waals surface area contributed by atoms with Gasteiger partial charge in [-0.3, -0.25) is 9.69 Å². The molecule has 1 aromatic rings. The van der Waals surface area contributed by atoms with Gasteiger partial charge in [-0.05, 0) is 76.0 Å². The van der Waals surface area contributed by atoms with Gasteiger partial charge in [0.25, 0.3) is 0 Å². The van der Waals surface area contributed by atoms with Crippen LogP contribution in [0.15, 0.2) is 12.1 Å². The van der Waals surface area contributed by atoms with Gasteiger partial charge in [0.2, 0.25) is 0 Å². The molecule has 146 valence electrons. The number of carbonyl (C=O) groups is 1. The molecule has 1 aromatic carbocycles. The number of esters is 1. The zero-order valence-electron chi connectivity index (χ0n) is 17.2. The van der Waals surface area contributed by atoms with E-state index in [0.717, 1.165) is 38.2 Å². The fourth-order valence-electron chi connectivity index (χ4n) is 4.09. The number of likely N-dealkylation sites (tertiary alicyclic amines) is 1. The van der Waals surface area contributed by atoms with Gasteiger partial charge in [0.05, 0.1) is 14.2 Å². The van der Waals surface area contributed by atoms with Crippen molar-refractivity contribution in [3.05, 3.63) is 28.8 Å². The van der Waals surface area contributed by atoms with E-state index in [9.17, 15) is 4.79 Å². The molecule has 1 heterocycles. The average Bonchev–Trinajstić information content (AvgIpc) is 2.63. The van der Waals surface area contributed by atoms with Crippen LogP contribution in [-0.4, -0.2) is 63.2 Å². The van der Waals surface area contributed by atoms with E-state index in [0.29, 0.717) is 18.4 Å². The van der Waals surface area contributed by atoms with Gasteiger partial charge in [-0.2, -0.15) is 0 Å². The third-order valence-corrected chi connectivity index (χ3v) is 5.85. The number of nitrogens with zero attached hydrogens (tertiary/aromatic N) is 2. The highest BCUT2D eigenvalue weighted by Gasteiger charge is 2.31. The first-order valence-corrected chi connectivity index (χ1v) is 9.46. The minimum Gasteiger partial charge on any atom is -0.496 e. The van der Waals surface area contributed by atoms with Gasteiger partial charge in [-0.1, -0.05) is 6.07 Å². The highest BCUT2D eigenvalue weighted by molar-refractivity contribution is 5.69. The van der Waals surface area contributed by atoms with Crippen molar-refractivity contribution in [3.63, 3.8) is 0 Å². The minimum absolute atomic E-state index is 0.110. The normalized spacial score (nSPS) is 21.0. The number of carbonyl (C=O) groups excluding carboxylic acids is 1. The van der Waals surface area contributed by atoms with Crippen LogP contribution in [0.2, 0.25) is 0 Å². The van der Waals surface area contributed by atoms with Crippen molar-refractivity contribution in [3.8, 4) is 5.75 Å². The lowest BCUT2D eigenvalue weighted by molar-refractivity contribution is -0.141. The lowest BCUT2D eigenvalue weighted by Gasteiger charge is -2.42. The van der Waals surface area contributed by atoms with Gasteiger partial charge >= 0.3 is 5.97 Å². The molecule has 0 spiro atoms. The van der Waals surface area contributed by atoms with Crippen LogP contribution < -0.4 is 4.74 Å². The van der Waals surface area contributed by atoms with E-state index in [-0.39, 0.29) is 5.97 Å². The molecule has 0 amide bonds. The lowest BCUT2D eigenvalue weighted by atomic mass is 9.87. The quantitative estimate of drug-likeness (QED) is 0.698. The Morgan fingerprint density at radius 2 is 1.96 bits per heavy atom. The standard InChI is InChI=1S/C21H34N2O3/c1-15-16(2)20(25-5)9-7-17(15)13-23-12-11-19(22(3)4)18(14-23)8-10-21(24)26-6/h7,9,18-19H,8,10-14H2,1-6H3/t18-,19+/m0/s1. The summed E-state index contributed by atoms with van der Waals surface area (Å²) in [5.74, 6) is 1.33. The molecule has 0 radical (unpaired) electrons. The molecule has 0 aromatic heterocycles. The van der Waals surface area contributed by atoms with Crippen molar-refractivity contribution in [2.75, 3.05) is 41.4 Å². The Labute approximate surface area is 158 Å². The highest BCUT2D eigenvalue weighted by Crippen LogP contribution is 2.29. The molecule has 0 unspecified atom stereocenters. The Morgan fingerprint density at radius 1 is 1.23 bits per heavy atom. The molecule has 0 saturated carbocycles. The first-order valence-electron chi connectivity index (χ1n) is 9.46. The third kappa shape index (κ3) is 4.98. The van der Waals surface area contributed by atoms with Crippen molar-refractivity contribution >= 4 is 5.97 Å². The molecule has 1 aliphatic heterocycles. The number of hydrogen-bond acceptors (Lipinski definition) is 5. The van der Waals surface area contributed by atoms with Crippen molar-refractivity contribution in [2.45, 2.75) is 45.7 Å². The molecule has 0 aliphatic carbocycles. The number of benzene rings is 1. The average molecular weight is 363 g/mol. The van der Waals surface area contributed by atoms with E-state index in [1.54, 1.807) is 7.11 Å². The van der Waals surface area contributed by atoms with Gasteiger partial charge < -0.3 is 14.4 Å². The van der Waals surface area contributed by atoms with Gasteiger partial charge in [-0.25, -0.2) is 0 Å². The maximum Gasteiger partial charge on any atom is 0.305 e. The van der Waals surface area contributed by atoms with Crippen LogP contribution >= 0.6 is 0 Å². The van der Waals surface area contributed by atoms with Gasteiger partial charge in [0.1, 0.15) is 5.75 Å². The summed E-state index contributed by atoms with van der Waals surface area (Å²) >= 11 is 0. The smallest absolute Gasteiger partial charge is 0.305 e. The number of methoxy groups -OCH3 is 2. The van der Waals surface area contributed by atoms with Crippen LogP contribution in [0.3, 0.4) is 0 Å². The number of rotatable bonds is 7. The Balaban J connectivity index is 2.06. The molecule has 5 nitrogen and oxygen atoms in total. The number of ether oxygens (including phenoxy) is 2. The maximum atomic E-state index is 11.6. The second-order valence-electron chi connectivity index (χ2n) is 7.61. The van der Waals surface area contributed by atoms with Gasteiger partial charge in [0, 0.05) is 25.6 Å². The molecule has 1 fully saturated rings. The van der Waals surface area contributed by atoms with Crippen molar-refractivity contribution in [2.24, 2.45) is 5.92 Å². The van der Waals surface area contributed by atoms with Crippen LogP contribution in [0.5, 0.6) is 5.75 Å². The summed E-state index contributed by atoms with van der Waals surface area (Å²) in [7, 11) is 7.47. The van der Waals surface area contributed by atoms with Crippen LogP contribution in [0.4, 0.5) is 0 Å². The lowest BCUT2D eigenvalue weighted by Crippen LogP contribution is -2.48. The fourth-order valence-corrected chi connectivity index (χ4v) is 4.09. The molecule has 2 atom stereocenters. The summed E-state index contributed by atoms with van der Waals surface area (Å²) in [5.41, 5.74) is 3.89. The zero-order valence-corrected chi connectivity index (χ0v) is 17.2. The summed E-state index contributed by atoms with van der Waals surface area (Å²) < 4.78 is 10.3. The Kier molecular flexibility index (Phi) is 7.47. The summed E-state index contributed by atoms with van der Waals surface area (Å²) in [6.45, 7) is 7.35. The predicted molar refractivity (Wildman–Crippen MR) is 105 cm³/mol. The van der Waals surface area contributed by atoms with Crippen LogP contribution in [-0.2, 0) is 16.1 Å². The van der Waals surface area contributed by atoms with Crippen molar-refractivity contribution in [1.82, 2.24) is 9.80 Å². The Morgan fingerprint density at radius 3 is 2.58 bits per heavy atom. The van der Waals surface area contributed by atoms with E-state index < -0.39 is 0 Å². The summed E-state index contributed by atoms with van der Waals surface area (Å²) in [4.78, 5) is 16.4. The second kappa shape index (κ2) is 9.38. The molecule has 1 aliphatic rings. The van der Waals surface area contributed by atoms with Crippen molar-refractivity contribution < 1.29 is 14.3 Å². The minimum atomic E-state index is -0.110. The van der Waals surface area contributed by atoms with Crippen LogP contribution in [0.1, 0.15) is 36.0 Å². The summed E-state index contributed by atoms with van der Waals surface area (Å²) in [6, 6.07) is 4.77. The van der Waals surface area contributed by atoms with E-state index in [1.165, 1.54) is 23.8 Å². The Bertz CT molecular complexity index is 616.